The molecule has 1 aliphatic carbocycles. The summed E-state index contributed by atoms with van der Waals surface area (Å²) >= 11 is 0. The summed E-state index contributed by atoms with van der Waals surface area (Å²) in [7, 11) is 0. The van der Waals surface area contributed by atoms with E-state index in [9.17, 15) is 9.59 Å². The average Bonchev–Trinajstić information content (AvgIpc) is 3.00. The van der Waals surface area contributed by atoms with Crippen molar-refractivity contribution in [3.8, 4) is 5.75 Å². The Balaban J connectivity index is 1.88. The Hall–Kier alpha value is -2.10. The van der Waals surface area contributed by atoms with Crippen LogP contribution in [0, 0.1) is 0 Å². The SMILES string of the molecule is CCCOc1ccc2c(c1)[C@@H](N1C(=O)C=CC1=O)CC2. The van der Waals surface area contributed by atoms with Gasteiger partial charge < -0.3 is 4.74 Å². The number of amides is 2. The molecule has 0 saturated heterocycles. The maximum absolute atomic E-state index is 11.8. The zero-order valence-electron chi connectivity index (χ0n) is 11.5. The van der Waals surface area contributed by atoms with E-state index in [1.54, 1.807) is 0 Å². The molecule has 4 heteroatoms. The Morgan fingerprint density at radius 1 is 1.25 bits per heavy atom. The fourth-order valence-electron chi connectivity index (χ4n) is 2.86. The lowest BCUT2D eigenvalue weighted by atomic mass is 10.1. The first-order chi connectivity index (χ1) is 9.70. The average molecular weight is 271 g/mol. The van der Waals surface area contributed by atoms with Crippen LogP contribution in [0.2, 0.25) is 0 Å². The van der Waals surface area contributed by atoms with Crippen molar-refractivity contribution in [3.05, 3.63) is 41.5 Å². The largest absolute Gasteiger partial charge is 0.494 e. The molecule has 1 aromatic carbocycles. The molecule has 0 spiro atoms. The molecule has 1 aliphatic heterocycles. The van der Waals surface area contributed by atoms with E-state index in [4.69, 9.17) is 4.74 Å². The van der Waals surface area contributed by atoms with Gasteiger partial charge in [0.05, 0.1) is 12.6 Å². The molecular weight excluding hydrogens is 254 g/mol. The lowest BCUT2D eigenvalue weighted by molar-refractivity contribution is -0.139. The van der Waals surface area contributed by atoms with Crippen molar-refractivity contribution in [1.82, 2.24) is 4.90 Å². The minimum Gasteiger partial charge on any atom is -0.494 e. The molecule has 0 bridgehead atoms. The van der Waals surface area contributed by atoms with E-state index in [2.05, 4.69) is 6.92 Å². The lowest BCUT2D eigenvalue weighted by Gasteiger charge is -2.23. The van der Waals surface area contributed by atoms with Gasteiger partial charge in [-0.1, -0.05) is 13.0 Å². The lowest BCUT2D eigenvalue weighted by Crippen LogP contribution is -2.33. The van der Waals surface area contributed by atoms with Crippen LogP contribution in [-0.2, 0) is 16.0 Å². The van der Waals surface area contributed by atoms with E-state index in [1.165, 1.54) is 22.6 Å². The molecule has 0 unspecified atom stereocenters. The van der Waals surface area contributed by atoms with Crippen LogP contribution in [0.15, 0.2) is 30.4 Å². The second kappa shape index (κ2) is 5.12. The molecule has 0 saturated carbocycles. The van der Waals surface area contributed by atoms with Crippen molar-refractivity contribution < 1.29 is 14.3 Å². The van der Waals surface area contributed by atoms with Crippen molar-refractivity contribution in [2.24, 2.45) is 0 Å². The van der Waals surface area contributed by atoms with Gasteiger partial charge in [0.15, 0.2) is 0 Å². The standard InChI is InChI=1S/C16H17NO3/c1-2-9-20-12-5-3-11-4-6-14(13(11)10-12)17-15(18)7-8-16(17)19/h3,5,7-8,10,14H,2,4,6,9H2,1H3/t14-/m0/s1. The van der Waals surface area contributed by atoms with E-state index >= 15 is 0 Å². The highest BCUT2D eigenvalue weighted by atomic mass is 16.5. The first-order valence-electron chi connectivity index (χ1n) is 7.01. The molecule has 0 N–H and O–H groups in total. The van der Waals surface area contributed by atoms with E-state index in [0.29, 0.717) is 6.61 Å². The summed E-state index contributed by atoms with van der Waals surface area (Å²) in [6.45, 7) is 2.73. The third kappa shape index (κ3) is 2.11. The van der Waals surface area contributed by atoms with Gasteiger partial charge in [-0.3, -0.25) is 14.5 Å². The molecule has 104 valence electrons. The Bertz CT molecular complexity index is 573. The number of hydrogen-bond donors (Lipinski definition) is 0. The molecule has 0 aromatic heterocycles. The van der Waals surface area contributed by atoms with Crippen molar-refractivity contribution >= 4 is 11.8 Å². The van der Waals surface area contributed by atoms with Crippen LogP contribution in [0.5, 0.6) is 5.75 Å². The van der Waals surface area contributed by atoms with Crippen LogP contribution >= 0.6 is 0 Å². The summed E-state index contributed by atoms with van der Waals surface area (Å²) in [5.41, 5.74) is 2.25. The topological polar surface area (TPSA) is 46.6 Å². The van der Waals surface area contributed by atoms with Crippen molar-refractivity contribution in [2.75, 3.05) is 6.61 Å². The first kappa shape index (κ1) is 12.9. The summed E-state index contributed by atoms with van der Waals surface area (Å²) in [6, 6.07) is 5.83. The number of rotatable bonds is 4. The highest BCUT2D eigenvalue weighted by Gasteiger charge is 2.36. The van der Waals surface area contributed by atoms with E-state index < -0.39 is 0 Å². The maximum atomic E-state index is 11.8. The second-order valence-electron chi connectivity index (χ2n) is 5.14. The molecule has 20 heavy (non-hydrogen) atoms. The molecule has 3 rings (SSSR count). The Kier molecular flexibility index (Phi) is 3.30. The minimum atomic E-state index is -0.215. The molecule has 0 fully saturated rings. The Labute approximate surface area is 118 Å². The van der Waals surface area contributed by atoms with Gasteiger partial charge in [0.25, 0.3) is 11.8 Å². The highest BCUT2D eigenvalue weighted by Crippen LogP contribution is 2.39. The Morgan fingerprint density at radius 2 is 2.00 bits per heavy atom. The second-order valence-corrected chi connectivity index (χ2v) is 5.14. The van der Waals surface area contributed by atoms with Crippen LogP contribution in [0.4, 0.5) is 0 Å². The number of fused-ring (bicyclic) bond motifs is 1. The maximum Gasteiger partial charge on any atom is 0.254 e. The highest BCUT2D eigenvalue weighted by molar-refractivity contribution is 6.13. The van der Waals surface area contributed by atoms with Crippen LogP contribution < -0.4 is 4.74 Å². The van der Waals surface area contributed by atoms with Gasteiger partial charge >= 0.3 is 0 Å². The van der Waals surface area contributed by atoms with E-state index in [0.717, 1.165) is 30.6 Å². The first-order valence-corrected chi connectivity index (χ1v) is 7.01. The predicted molar refractivity (Wildman–Crippen MR) is 74.3 cm³/mol. The number of carbonyl (C=O) groups excluding carboxylic acids is 2. The van der Waals surface area contributed by atoms with Gasteiger partial charge in [-0.15, -0.1) is 0 Å². The van der Waals surface area contributed by atoms with Crippen LogP contribution in [-0.4, -0.2) is 23.3 Å². The normalized spacial score (nSPS) is 20.6. The number of ether oxygens (including phenoxy) is 1. The number of hydrogen-bond acceptors (Lipinski definition) is 3. The summed E-state index contributed by atoms with van der Waals surface area (Å²) < 4.78 is 5.64. The van der Waals surface area contributed by atoms with E-state index in [1.807, 2.05) is 18.2 Å². The minimum absolute atomic E-state index is 0.148. The van der Waals surface area contributed by atoms with Crippen molar-refractivity contribution in [1.29, 1.82) is 0 Å². The summed E-state index contributed by atoms with van der Waals surface area (Å²) in [6.07, 6.45) is 5.33. The fourth-order valence-corrected chi connectivity index (χ4v) is 2.86. The molecule has 1 aromatic rings. The van der Waals surface area contributed by atoms with Gasteiger partial charge in [0.1, 0.15) is 5.75 Å². The molecule has 0 radical (unpaired) electrons. The number of carbonyl (C=O) groups is 2. The number of aryl methyl sites for hydroxylation is 1. The van der Waals surface area contributed by atoms with Crippen LogP contribution in [0.25, 0.3) is 0 Å². The third-order valence-corrected chi connectivity index (χ3v) is 3.79. The number of nitrogens with zero attached hydrogens (tertiary/aromatic N) is 1. The predicted octanol–water partition coefficient (Wildman–Crippen LogP) is 2.39. The van der Waals surface area contributed by atoms with Crippen LogP contribution in [0.1, 0.15) is 36.9 Å². The molecule has 2 aliphatic rings. The zero-order chi connectivity index (χ0) is 14.1. The van der Waals surface area contributed by atoms with Crippen LogP contribution in [0.3, 0.4) is 0 Å². The van der Waals surface area contributed by atoms with Gasteiger partial charge in [0, 0.05) is 12.2 Å². The third-order valence-electron chi connectivity index (χ3n) is 3.79. The smallest absolute Gasteiger partial charge is 0.254 e. The summed E-state index contributed by atoms with van der Waals surface area (Å²) in [4.78, 5) is 25.0. The Morgan fingerprint density at radius 3 is 2.70 bits per heavy atom. The summed E-state index contributed by atoms with van der Waals surface area (Å²) in [5, 5.41) is 0. The quantitative estimate of drug-likeness (QED) is 0.790. The van der Waals surface area contributed by atoms with Gasteiger partial charge in [-0.2, -0.15) is 0 Å². The molecular formula is C16H17NO3. The molecule has 1 atom stereocenters. The van der Waals surface area contributed by atoms with Crippen molar-refractivity contribution in [3.63, 3.8) is 0 Å². The monoisotopic (exact) mass is 271 g/mol. The molecule has 2 amide bonds. The van der Waals surface area contributed by atoms with Crippen molar-refractivity contribution in [2.45, 2.75) is 32.2 Å². The van der Waals surface area contributed by atoms with Gasteiger partial charge in [-0.25, -0.2) is 0 Å². The van der Waals surface area contributed by atoms with Gasteiger partial charge in [-0.05, 0) is 42.5 Å². The number of benzene rings is 1. The number of imide groups is 1. The summed E-state index contributed by atoms with van der Waals surface area (Å²) in [5.74, 6) is 0.380. The fraction of sp³-hybridized carbons (Fsp3) is 0.375. The molecule has 1 heterocycles. The van der Waals surface area contributed by atoms with Gasteiger partial charge in [0.2, 0.25) is 0 Å². The zero-order valence-corrected chi connectivity index (χ0v) is 11.5. The van der Waals surface area contributed by atoms with E-state index in [-0.39, 0.29) is 17.9 Å². The molecule has 4 nitrogen and oxygen atoms in total.